The molecule has 3 nitrogen and oxygen atoms in total. The van der Waals surface area contributed by atoms with E-state index in [0.29, 0.717) is 11.5 Å². The van der Waals surface area contributed by atoms with E-state index in [9.17, 15) is 0 Å². The Morgan fingerprint density at radius 1 is 1.16 bits per heavy atom. The minimum atomic E-state index is 0.509. The van der Waals surface area contributed by atoms with E-state index >= 15 is 0 Å². The number of nitrogens with zero attached hydrogens (tertiary/aromatic N) is 3. The molecule has 0 radical (unpaired) electrons. The standard InChI is InChI=1S/C16H23N3/c1-2-3-4-5-13-6-8-15(9-7-13)16-18-11-14(10-17)12-19-16/h11-13,15H,2-9H2,1H3/t13-,15-. The van der Waals surface area contributed by atoms with Crippen LogP contribution in [-0.2, 0) is 0 Å². The zero-order valence-corrected chi connectivity index (χ0v) is 11.8. The third-order valence-electron chi connectivity index (χ3n) is 4.23. The van der Waals surface area contributed by atoms with E-state index in [1.165, 1.54) is 51.4 Å². The highest BCUT2D eigenvalue weighted by atomic mass is 14.9. The molecule has 0 atom stereocenters. The number of hydrogen-bond donors (Lipinski definition) is 0. The molecule has 1 fully saturated rings. The molecule has 0 bridgehead atoms. The molecule has 0 amide bonds. The molecular weight excluding hydrogens is 234 g/mol. The minimum Gasteiger partial charge on any atom is -0.240 e. The fourth-order valence-electron chi connectivity index (χ4n) is 3.00. The summed E-state index contributed by atoms with van der Waals surface area (Å²) in [6.07, 6.45) is 13.8. The number of nitriles is 1. The Bertz CT molecular complexity index is 411. The Morgan fingerprint density at radius 2 is 1.84 bits per heavy atom. The molecule has 1 aliphatic carbocycles. The van der Waals surface area contributed by atoms with Gasteiger partial charge in [-0.2, -0.15) is 5.26 Å². The molecule has 1 saturated carbocycles. The summed E-state index contributed by atoms with van der Waals surface area (Å²) in [5.74, 6) is 2.36. The average Bonchev–Trinajstić information content (AvgIpc) is 2.48. The summed E-state index contributed by atoms with van der Waals surface area (Å²) in [6.45, 7) is 2.26. The summed E-state index contributed by atoms with van der Waals surface area (Å²) < 4.78 is 0. The largest absolute Gasteiger partial charge is 0.240 e. The predicted octanol–water partition coefficient (Wildman–Crippen LogP) is 4.20. The first-order chi connectivity index (χ1) is 9.33. The van der Waals surface area contributed by atoms with Crippen molar-refractivity contribution in [2.24, 2.45) is 5.92 Å². The second-order valence-corrected chi connectivity index (χ2v) is 5.66. The third kappa shape index (κ3) is 4.02. The van der Waals surface area contributed by atoms with E-state index in [2.05, 4.69) is 23.0 Å². The van der Waals surface area contributed by atoms with E-state index in [-0.39, 0.29) is 0 Å². The summed E-state index contributed by atoms with van der Waals surface area (Å²) in [5, 5.41) is 8.75. The molecule has 3 heteroatoms. The van der Waals surface area contributed by atoms with Crippen LogP contribution in [0.5, 0.6) is 0 Å². The van der Waals surface area contributed by atoms with Gasteiger partial charge in [0.25, 0.3) is 0 Å². The topological polar surface area (TPSA) is 49.6 Å². The molecule has 0 N–H and O–H groups in total. The molecule has 19 heavy (non-hydrogen) atoms. The zero-order valence-electron chi connectivity index (χ0n) is 11.8. The van der Waals surface area contributed by atoms with Gasteiger partial charge in [-0.1, -0.05) is 32.6 Å². The van der Waals surface area contributed by atoms with Gasteiger partial charge in [0.15, 0.2) is 0 Å². The lowest BCUT2D eigenvalue weighted by Gasteiger charge is -2.27. The fourth-order valence-corrected chi connectivity index (χ4v) is 3.00. The van der Waals surface area contributed by atoms with Crippen molar-refractivity contribution in [3.63, 3.8) is 0 Å². The first kappa shape index (κ1) is 14.0. The predicted molar refractivity (Wildman–Crippen MR) is 75.6 cm³/mol. The second-order valence-electron chi connectivity index (χ2n) is 5.66. The Labute approximate surface area is 116 Å². The lowest BCUT2D eigenvalue weighted by atomic mass is 9.79. The Morgan fingerprint density at radius 3 is 2.42 bits per heavy atom. The average molecular weight is 257 g/mol. The molecular formula is C16H23N3. The maximum absolute atomic E-state index is 8.75. The van der Waals surface area contributed by atoms with Gasteiger partial charge in [-0.15, -0.1) is 0 Å². The van der Waals surface area contributed by atoms with Gasteiger partial charge < -0.3 is 0 Å². The van der Waals surface area contributed by atoms with Crippen molar-refractivity contribution in [1.82, 2.24) is 9.97 Å². The van der Waals surface area contributed by atoms with Crippen LogP contribution < -0.4 is 0 Å². The molecule has 0 spiro atoms. The molecule has 1 heterocycles. The second kappa shape index (κ2) is 7.23. The highest BCUT2D eigenvalue weighted by Crippen LogP contribution is 2.36. The van der Waals surface area contributed by atoms with E-state index in [0.717, 1.165) is 11.7 Å². The van der Waals surface area contributed by atoms with Gasteiger partial charge in [0.2, 0.25) is 0 Å². The van der Waals surface area contributed by atoms with Crippen LogP contribution in [-0.4, -0.2) is 9.97 Å². The van der Waals surface area contributed by atoms with Crippen molar-refractivity contribution in [2.45, 2.75) is 64.2 Å². The number of unbranched alkanes of at least 4 members (excludes halogenated alkanes) is 2. The lowest BCUT2D eigenvalue weighted by molar-refractivity contribution is 0.297. The molecule has 1 aliphatic rings. The zero-order chi connectivity index (χ0) is 13.5. The van der Waals surface area contributed by atoms with Gasteiger partial charge in [-0.25, -0.2) is 9.97 Å². The Hall–Kier alpha value is -1.43. The molecule has 0 aliphatic heterocycles. The van der Waals surface area contributed by atoms with Crippen molar-refractivity contribution in [2.75, 3.05) is 0 Å². The molecule has 0 saturated heterocycles. The summed E-state index contributed by atoms with van der Waals surface area (Å²) in [5.41, 5.74) is 0.553. The molecule has 1 aromatic rings. The SMILES string of the molecule is CCCCC[C@H]1CC[C@H](c2ncc(C#N)cn2)CC1. The highest BCUT2D eigenvalue weighted by Gasteiger charge is 2.23. The molecule has 102 valence electrons. The third-order valence-corrected chi connectivity index (χ3v) is 4.23. The Kier molecular flexibility index (Phi) is 5.32. The highest BCUT2D eigenvalue weighted by molar-refractivity contribution is 5.22. The van der Waals surface area contributed by atoms with E-state index in [1.807, 2.05) is 0 Å². The molecule has 0 aromatic carbocycles. The van der Waals surface area contributed by atoms with Crippen LogP contribution in [0.15, 0.2) is 12.4 Å². The Balaban J connectivity index is 1.80. The van der Waals surface area contributed by atoms with E-state index < -0.39 is 0 Å². The van der Waals surface area contributed by atoms with Crippen LogP contribution in [0.2, 0.25) is 0 Å². The monoisotopic (exact) mass is 257 g/mol. The maximum atomic E-state index is 8.75. The summed E-state index contributed by atoms with van der Waals surface area (Å²) in [6, 6.07) is 2.07. The van der Waals surface area contributed by atoms with Gasteiger partial charge in [0, 0.05) is 18.3 Å². The van der Waals surface area contributed by atoms with Crippen molar-refractivity contribution in [3.05, 3.63) is 23.8 Å². The molecule has 0 unspecified atom stereocenters. The van der Waals surface area contributed by atoms with Crippen molar-refractivity contribution in [3.8, 4) is 6.07 Å². The summed E-state index contributed by atoms with van der Waals surface area (Å²) in [7, 11) is 0. The minimum absolute atomic E-state index is 0.509. The van der Waals surface area contributed by atoms with Crippen molar-refractivity contribution in [1.29, 1.82) is 5.26 Å². The number of hydrogen-bond acceptors (Lipinski definition) is 3. The normalized spacial score (nSPS) is 22.9. The van der Waals surface area contributed by atoms with Crippen LogP contribution in [0.1, 0.15) is 75.6 Å². The smallest absolute Gasteiger partial charge is 0.131 e. The van der Waals surface area contributed by atoms with Crippen molar-refractivity contribution < 1.29 is 0 Å². The summed E-state index contributed by atoms with van der Waals surface area (Å²) >= 11 is 0. The van der Waals surface area contributed by atoms with E-state index in [4.69, 9.17) is 5.26 Å². The quantitative estimate of drug-likeness (QED) is 0.743. The molecule has 2 rings (SSSR count). The first-order valence-electron chi connectivity index (χ1n) is 7.55. The number of aromatic nitrogens is 2. The van der Waals surface area contributed by atoms with Crippen LogP contribution in [0.4, 0.5) is 0 Å². The van der Waals surface area contributed by atoms with Crippen LogP contribution >= 0.6 is 0 Å². The van der Waals surface area contributed by atoms with Gasteiger partial charge in [0.05, 0.1) is 5.56 Å². The van der Waals surface area contributed by atoms with Gasteiger partial charge >= 0.3 is 0 Å². The van der Waals surface area contributed by atoms with E-state index in [1.54, 1.807) is 12.4 Å². The van der Waals surface area contributed by atoms with Gasteiger partial charge in [0.1, 0.15) is 11.9 Å². The van der Waals surface area contributed by atoms with Crippen LogP contribution in [0.3, 0.4) is 0 Å². The molecule has 1 aromatic heterocycles. The van der Waals surface area contributed by atoms with Crippen molar-refractivity contribution >= 4 is 0 Å². The lowest BCUT2D eigenvalue weighted by Crippen LogP contribution is -2.15. The van der Waals surface area contributed by atoms with Gasteiger partial charge in [-0.05, 0) is 31.6 Å². The van der Waals surface area contributed by atoms with Crippen LogP contribution in [0.25, 0.3) is 0 Å². The number of rotatable bonds is 5. The summed E-state index contributed by atoms with van der Waals surface area (Å²) in [4.78, 5) is 8.68. The van der Waals surface area contributed by atoms with Crippen LogP contribution in [0, 0.1) is 17.2 Å². The fraction of sp³-hybridized carbons (Fsp3) is 0.688. The van der Waals surface area contributed by atoms with Gasteiger partial charge in [-0.3, -0.25) is 0 Å². The maximum Gasteiger partial charge on any atom is 0.131 e. The first-order valence-corrected chi connectivity index (χ1v) is 7.55.